The minimum Gasteiger partial charge on any atom is -0.478 e. The van der Waals surface area contributed by atoms with E-state index in [-0.39, 0.29) is 0 Å². The summed E-state index contributed by atoms with van der Waals surface area (Å²) in [6.07, 6.45) is 2.55. The van der Waals surface area contributed by atoms with Gasteiger partial charge in [0.1, 0.15) is 0 Å². The number of aromatic carboxylic acids is 1. The molecule has 1 aliphatic heterocycles. The fourth-order valence-corrected chi connectivity index (χ4v) is 3.45. The van der Waals surface area contributed by atoms with Crippen molar-refractivity contribution < 1.29 is 9.90 Å². The fourth-order valence-electron chi connectivity index (χ4n) is 3.45. The Labute approximate surface area is 145 Å². The summed E-state index contributed by atoms with van der Waals surface area (Å²) in [5.74, 6) is -0.857. The van der Waals surface area contributed by atoms with E-state index in [1.807, 2.05) is 12.1 Å². The molecule has 134 valence electrons. The van der Waals surface area contributed by atoms with Crippen molar-refractivity contribution in [2.24, 2.45) is 0 Å². The summed E-state index contributed by atoms with van der Waals surface area (Å²) < 4.78 is 0. The van der Waals surface area contributed by atoms with Crippen molar-refractivity contribution >= 4 is 5.97 Å². The molecule has 2 rings (SSSR count). The number of likely N-dealkylation sites (N-methyl/N-ethyl adjacent to an activating group) is 2. The lowest BCUT2D eigenvalue weighted by Crippen LogP contribution is -2.42. The lowest BCUT2D eigenvalue weighted by molar-refractivity contribution is 0.0696. The maximum atomic E-state index is 11.2. The van der Waals surface area contributed by atoms with Crippen molar-refractivity contribution in [1.29, 1.82) is 0 Å². The van der Waals surface area contributed by atoms with Gasteiger partial charge in [-0.05, 0) is 57.7 Å². The highest BCUT2D eigenvalue weighted by Gasteiger charge is 2.25. The molecule has 1 saturated heterocycles. The van der Waals surface area contributed by atoms with Gasteiger partial charge in [0, 0.05) is 32.2 Å². The van der Waals surface area contributed by atoms with E-state index >= 15 is 0 Å². The number of rotatable bonds is 9. The van der Waals surface area contributed by atoms with Crippen LogP contribution in [-0.2, 0) is 6.54 Å². The van der Waals surface area contributed by atoms with Crippen LogP contribution in [0.5, 0.6) is 0 Å². The molecule has 0 radical (unpaired) electrons. The zero-order valence-corrected chi connectivity index (χ0v) is 15.2. The Morgan fingerprint density at radius 3 is 2.79 bits per heavy atom. The number of likely N-dealkylation sites (tertiary alicyclic amines) is 1. The van der Waals surface area contributed by atoms with E-state index in [0.29, 0.717) is 11.6 Å². The Bertz CT molecular complexity index is 533. The van der Waals surface area contributed by atoms with Crippen molar-refractivity contribution in [3.8, 4) is 0 Å². The van der Waals surface area contributed by atoms with Gasteiger partial charge in [-0.3, -0.25) is 9.80 Å². The SMILES string of the molecule is CCN1CCCC1CN(CCN(C)C)Cc1cccc(C(=O)O)c1. The molecule has 0 amide bonds. The Kier molecular flexibility index (Phi) is 7.21. The molecular formula is C19H31N3O2. The van der Waals surface area contributed by atoms with E-state index in [9.17, 15) is 9.90 Å². The van der Waals surface area contributed by atoms with Crippen LogP contribution in [0.4, 0.5) is 0 Å². The van der Waals surface area contributed by atoms with Gasteiger partial charge in [0.15, 0.2) is 0 Å². The van der Waals surface area contributed by atoms with Crippen LogP contribution in [0.15, 0.2) is 24.3 Å². The molecule has 0 saturated carbocycles. The molecule has 0 aromatic heterocycles. The van der Waals surface area contributed by atoms with Gasteiger partial charge in [0.2, 0.25) is 0 Å². The Hall–Kier alpha value is -1.43. The van der Waals surface area contributed by atoms with Crippen LogP contribution in [0.2, 0.25) is 0 Å². The molecule has 1 unspecified atom stereocenters. The molecule has 24 heavy (non-hydrogen) atoms. The van der Waals surface area contributed by atoms with Gasteiger partial charge >= 0.3 is 5.97 Å². The summed E-state index contributed by atoms with van der Waals surface area (Å²) in [6.45, 7) is 8.43. The molecular weight excluding hydrogens is 302 g/mol. The highest BCUT2D eigenvalue weighted by Crippen LogP contribution is 2.19. The largest absolute Gasteiger partial charge is 0.478 e. The van der Waals surface area contributed by atoms with Gasteiger partial charge in [0.25, 0.3) is 0 Å². The molecule has 1 fully saturated rings. The third kappa shape index (κ3) is 5.58. The monoisotopic (exact) mass is 333 g/mol. The van der Waals surface area contributed by atoms with Gasteiger partial charge < -0.3 is 10.0 Å². The van der Waals surface area contributed by atoms with Crippen molar-refractivity contribution in [1.82, 2.24) is 14.7 Å². The van der Waals surface area contributed by atoms with E-state index in [0.717, 1.165) is 38.3 Å². The molecule has 1 atom stereocenters. The van der Waals surface area contributed by atoms with Crippen LogP contribution >= 0.6 is 0 Å². The highest BCUT2D eigenvalue weighted by atomic mass is 16.4. The van der Waals surface area contributed by atoms with Gasteiger partial charge in [-0.1, -0.05) is 19.1 Å². The summed E-state index contributed by atoms with van der Waals surface area (Å²) in [5.41, 5.74) is 1.45. The number of hydrogen-bond donors (Lipinski definition) is 1. The third-order valence-electron chi connectivity index (χ3n) is 4.82. The Balaban J connectivity index is 2.04. The van der Waals surface area contributed by atoms with Gasteiger partial charge in [-0.2, -0.15) is 0 Å². The molecule has 5 heteroatoms. The second-order valence-electron chi connectivity index (χ2n) is 6.97. The predicted octanol–water partition coefficient (Wildman–Crippen LogP) is 2.23. The second-order valence-corrected chi connectivity index (χ2v) is 6.97. The lowest BCUT2D eigenvalue weighted by Gasteiger charge is -2.31. The van der Waals surface area contributed by atoms with Crippen LogP contribution in [0.3, 0.4) is 0 Å². The van der Waals surface area contributed by atoms with Crippen molar-refractivity contribution in [2.75, 3.05) is 46.8 Å². The quantitative estimate of drug-likeness (QED) is 0.751. The summed E-state index contributed by atoms with van der Waals surface area (Å²) in [5, 5.41) is 9.19. The fraction of sp³-hybridized carbons (Fsp3) is 0.632. The standard InChI is InChI=1S/C19H31N3O2/c1-4-22-10-6-9-18(22)15-21(12-11-20(2)3)14-16-7-5-8-17(13-16)19(23)24/h5,7-8,13,18H,4,6,9-12,14-15H2,1-3H3,(H,23,24). The molecule has 1 aromatic carbocycles. The van der Waals surface area contributed by atoms with Crippen LogP contribution in [0, 0.1) is 0 Å². The number of carboxylic acid groups (broad SMARTS) is 1. The number of carbonyl (C=O) groups is 1. The maximum Gasteiger partial charge on any atom is 0.335 e. The van der Waals surface area contributed by atoms with Crippen molar-refractivity contribution in [3.05, 3.63) is 35.4 Å². The van der Waals surface area contributed by atoms with E-state index < -0.39 is 5.97 Å². The maximum absolute atomic E-state index is 11.2. The van der Waals surface area contributed by atoms with Gasteiger partial charge in [-0.15, -0.1) is 0 Å². The third-order valence-corrected chi connectivity index (χ3v) is 4.82. The molecule has 1 aliphatic rings. The smallest absolute Gasteiger partial charge is 0.335 e. The Morgan fingerprint density at radius 1 is 1.33 bits per heavy atom. The summed E-state index contributed by atoms with van der Waals surface area (Å²) in [4.78, 5) is 18.4. The first-order chi connectivity index (χ1) is 11.5. The molecule has 0 aliphatic carbocycles. The average molecular weight is 333 g/mol. The zero-order chi connectivity index (χ0) is 17.5. The normalized spacial score (nSPS) is 18.6. The Morgan fingerprint density at radius 2 is 2.12 bits per heavy atom. The summed E-state index contributed by atoms with van der Waals surface area (Å²) >= 11 is 0. The highest BCUT2D eigenvalue weighted by molar-refractivity contribution is 5.87. The number of nitrogens with zero attached hydrogens (tertiary/aromatic N) is 3. The molecule has 1 N–H and O–H groups in total. The first kappa shape index (κ1) is 18.9. The van der Waals surface area contributed by atoms with Crippen LogP contribution in [0.1, 0.15) is 35.7 Å². The molecule has 0 bridgehead atoms. The average Bonchev–Trinajstić information content (AvgIpc) is 3.00. The van der Waals surface area contributed by atoms with E-state index in [2.05, 4.69) is 35.7 Å². The van der Waals surface area contributed by atoms with E-state index in [1.54, 1.807) is 12.1 Å². The van der Waals surface area contributed by atoms with Crippen molar-refractivity contribution in [3.63, 3.8) is 0 Å². The van der Waals surface area contributed by atoms with E-state index in [4.69, 9.17) is 0 Å². The lowest BCUT2D eigenvalue weighted by atomic mass is 10.1. The number of hydrogen-bond acceptors (Lipinski definition) is 4. The van der Waals surface area contributed by atoms with Crippen LogP contribution < -0.4 is 0 Å². The minimum absolute atomic E-state index is 0.371. The van der Waals surface area contributed by atoms with Gasteiger partial charge in [0.05, 0.1) is 5.56 Å². The van der Waals surface area contributed by atoms with Crippen molar-refractivity contribution in [2.45, 2.75) is 32.4 Å². The second kappa shape index (κ2) is 9.16. The van der Waals surface area contributed by atoms with Gasteiger partial charge in [-0.25, -0.2) is 4.79 Å². The van der Waals surface area contributed by atoms with Crippen LogP contribution in [0.25, 0.3) is 0 Å². The first-order valence-electron chi connectivity index (χ1n) is 8.93. The summed E-state index contributed by atoms with van der Waals surface area (Å²) in [7, 11) is 4.19. The number of carboxylic acids is 1. The summed E-state index contributed by atoms with van der Waals surface area (Å²) in [6, 6.07) is 7.96. The number of benzene rings is 1. The molecule has 0 spiro atoms. The van der Waals surface area contributed by atoms with Crippen LogP contribution in [-0.4, -0.2) is 78.6 Å². The minimum atomic E-state index is -0.857. The topological polar surface area (TPSA) is 47.0 Å². The molecule has 5 nitrogen and oxygen atoms in total. The van der Waals surface area contributed by atoms with E-state index in [1.165, 1.54) is 19.4 Å². The first-order valence-corrected chi connectivity index (χ1v) is 8.93. The molecule has 1 heterocycles. The predicted molar refractivity (Wildman–Crippen MR) is 97.5 cm³/mol. The molecule has 1 aromatic rings. The zero-order valence-electron chi connectivity index (χ0n) is 15.2.